The lowest BCUT2D eigenvalue weighted by molar-refractivity contribution is -0.153. The second-order valence-corrected chi connectivity index (χ2v) is 6.31. The van der Waals surface area contributed by atoms with Gasteiger partial charge in [-0.05, 0) is 31.2 Å². The number of anilines is 1. The lowest BCUT2D eigenvalue weighted by Gasteiger charge is -2.10. The third-order valence-corrected chi connectivity index (χ3v) is 4.00. The van der Waals surface area contributed by atoms with Crippen LogP contribution in [0.5, 0.6) is 5.75 Å². The molecular weight excluding hydrogens is 390 g/mol. The van der Waals surface area contributed by atoms with Gasteiger partial charge in [0.05, 0.1) is 6.54 Å². The number of carbonyl (C=O) groups is 1. The van der Waals surface area contributed by atoms with E-state index < -0.39 is 18.7 Å². The van der Waals surface area contributed by atoms with E-state index in [4.69, 9.17) is 0 Å². The van der Waals surface area contributed by atoms with Crippen molar-refractivity contribution in [1.29, 1.82) is 0 Å². The number of aryl methyl sites for hydroxylation is 1. The summed E-state index contributed by atoms with van der Waals surface area (Å²) in [6.45, 7) is 0.502. The molecule has 0 radical (unpaired) electrons. The van der Waals surface area contributed by atoms with E-state index in [1.165, 1.54) is 35.0 Å². The second kappa shape index (κ2) is 8.34. The Kier molecular flexibility index (Phi) is 5.86. The number of hydrogen-bond acceptors (Lipinski definition) is 3. The molecule has 0 atom stereocenters. The third kappa shape index (κ3) is 5.56. The summed E-state index contributed by atoms with van der Waals surface area (Å²) in [5.74, 6) is -0.747. The van der Waals surface area contributed by atoms with Crippen LogP contribution < -0.4 is 10.1 Å². The van der Waals surface area contributed by atoms with E-state index in [9.17, 15) is 22.4 Å². The minimum atomic E-state index is -4.47. The number of nitrogens with zero attached hydrogens (tertiary/aromatic N) is 2. The van der Waals surface area contributed by atoms with Crippen LogP contribution in [0.1, 0.15) is 21.6 Å². The first-order chi connectivity index (χ1) is 13.7. The molecule has 9 heteroatoms. The van der Waals surface area contributed by atoms with Crippen molar-refractivity contribution in [3.63, 3.8) is 0 Å². The van der Waals surface area contributed by atoms with E-state index in [2.05, 4.69) is 15.2 Å². The molecular formula is C20H17F4N3O2. The maximum Gasteiger partial charge on any atom is 0.422 e. The number of carbonyl (C=O) groups excluding carboxylic acids is 1. The van der Waals surface area contributed by atoms with Crippen LogP contribution in [0.4, 0.5) is 23.4 Å². The predicted octanol–water partition coefficient (Wildman–Crippen LogP) is 4.57. The summed E-state index contributed by atoms with van der Waals surface area (Å²) in [6, 6.07) is 13.3. The van der Waals surface area contributed by atoms with E-state index >= 15 is 0 Å². The standard InChI is InChI=1S/C20H17F4N3O2/c1-13-9-18(26-27(13)11-15-5-2-3-8-17(15)21)25-19(28)14-6-4-7-16(10-14)29-12-20(22,23)24/h2-10H,11-12H2,1H3,(H,25,26,28). The van der Waals surface area contributed by atoms with Crippen LogP contribution in [-0.4, -0.2) is 28.5 Å². The molecule has 1 aromatic heterocycles. The fraction of sp³-hybridized carbons (Fsp3) is 0.200. The summed E-state index contributed by atoms with van der Waals surface area (Å²) in [5, 5.41) is 6.82. The van der Waals surface area contributed by atoms with Gasteiger partial charge in [0, 0.05) is 22.9 Å². The molecule has 0 bridgehead atoms. The van der Waals surface area contributed by atoms with Crippen LogP contribution in [0.25, 0.3) is 0 Å². The minimum Gasteiger partial charge on any atom is -0.484 e. The van der Waals surface area contributed by atoms with Gasteiger partial charge >= 0.3 is 6.18 Å². The summed E-state index contributed by atoms with van der Waals surface area (Å²) in [5.41, 5.74) is 1.27. The maximum atomic E-state index is 13.8. The van der Waals surface area contributed by atoms with Crippen molar-refractivity contribution in [2.24, 2.45) is 0 Å². The number of ether oxygens (including phenoxy) is 1. The number of aromatic nitrogens is 2. The Labute approximate surface area is 163 Å². The lowest BCUT2D eigenvalue weighted by atomic mass is 10.2. The molecule has 29 heavy (non-hydrogen) atoms. The SMILES string of the molecule is Cc1cc(NC(=O)c2cccc(OCC(F)(F)F)c2)nn1Cc1ccccc1F. The van der Waals surface area contributed by atoms with E-state index in [1.54, 1.807) is 31.2 Å². The number of hydrogen-bond donors (Lipinski definition) is 1. The van der Waals surface area contributed by atoms with Crippen LogP contribution in [-0.2, 0) is 6.54 Å². The molecule has 1 heterocycles. The quantitative estimate of drug-likeness (QED) is 0.609. The minimum absolute atomic E-state index is 0.0729. The number of rotatable bonds is 6. The highest BCUT2D eigenvalue weighted by molar-refractivity contribution is 6.04. The van der Waals surface area contributed by atoms with Gasteiger partial charge in [0.15, 0.2) is 12.4 Å². The number of halogens is 4. The Morgan fingerprint density at radius 3 is 2.62 bits per heavy atom. The number of benzene rings is 2. The van der Waals surface area contributed by atoms with Crippen molar-refractivity contribution >= 4 is 11.7 Å². The van der Waals surface area contributed by atoms with Crippen molar-refractivity contribution in [3.05, 3.63) is 77.2 Å². The number of alkyl halides is 3. The molecule has 3 rings (SSSR count). The molecule has 0 spiro atoms. The summed E-state index contributed by atoms with van der Waals surface area (Å²) in [7, 11) is 0. The molecule has 0 fully saturated rings. The molecule has 0 saturated heterocycles. The normalized spacial score (nSPS) is 11.3. The molecule has 2 aromatic carbocycles. The molecule has 3 aromatic rings. The van der Waals surface area contributed by atoms with Crippen LogP contribution in [0.2, 0.25) is 0 Å². The van der Waals surface area contributed by atoms with E-state index in [1.807, 2.05) is 0 Å². The van der Waals surface area contributed by atoms with Gasteiger partial charge in [0.25, 0.3) is 5.91 Å². The maximum absolute atomic E-state index is 13.8. The molecule has 0 aliphatic carbocycles. The molecule has 0 saturated carbocycles. The summed E-state index contributed by atoms with van der Waals surface area (Å²) in [6.07, 6.45) is -4.47. The largest absolute Gasteiger partial charge is 0.484 e. The van der Waals surface area contributed by atoms with E-state index in [-0.39, 0.29) is 29.5 Å². The van der Waals surface area contributed by atoms with Crippen molar-refractivity contribution < 1.29 is 27.1 Å². The van der Waals surface area contributed by atoms with Crippen molar-refractivity contribution in [2.75, 3.05) is 11.9 Å². The molecule has 1 N–H and O–H groups in total. The Morgan fingerprint density at radius 1 is 1.14 bits per heavy atom. The zero-order valence-electron chi connectivity index (χ0n) is 15.3. The van der Waals surface area contributed by atoms with Crippen molar-refractivity contribution in [3.8, 4) is 5.75 Å². The van der Waals surface area contributed by atoms with Gasteiger partial charge in [-0.2, -0.15) is 18.3 Å². The topological polar surface area (TPSA) is 56.1 Å². The van der Waals surface area contributed by atoms with Gasteiger partial charge in [-0.1, -0.05) is 24.3 Å². The molecule has 5 nitrogen and oxygen atoms in total. The molecule has 0 aliphatic heterocycles. The zero-order chi connectivity index (χ0) is 21.0. The Morgan fingerprint density at radius 2 is 1.90 bits per heavy atom. The van der Waals surface area contributed by atoms with E-state index in [0.717, 1.165) is 0 Å². The highest BCUT2D eigenvalue weighted by atomic mass is 19.4. The zero-order valence-corrected chi connectivity index (χ0v) is 15.3. The Bertz CT molecular complexity index is 1010. The van der Waals surface area contributed by atoms with Crippen LogP contribution in [0.15, 0.2) is 54.6 Å². The third-order valence-electron chi connectivity index (χ3n) is 4.00. The predicted molar refractivity (Wildman–Crippen MR) is 98.4 cm³/mol. The molecule has 1 amide bonds. The van der Waals surface area contributed by atoms with Crippen LogP contribution in [0.3, 0.4) is 0 Å². The van der Waals surface area contributed by atoms with Gasteiger partial charge in [-0.25, -0.2) is 4.39 Å². The van der Waals surface area contributed by atoms with Crippen LogP contribution >= 0.6 is 0 Å². The van der Waals surface area contributed by atoms with Gasteiger partial charge < -0.3 is 10.1 Å². The summed E-state index contributed by atoms with van der Waals surface area (Å²) in [4.78, 5) is 12.4. The van der Waals surface area contributed by atoms with Gasteiger partial charge in [-0.3, -0.25) is 9.48 Å². The first kappa shape index (κ1) is 20.4. The highest BCUT2D eigenvalue weighted by Crippen LogP contribution is 2.20. The smallest absolute Gasteiger partial charge is 0.422 e. The van der Waals surface area contributed by atoms with Crippen molar-refractivity contribution in [2.45, 2.75) is 19.6 Å². The summed E-state index contributed by atoms with van der Waals surface area (Å²) < 4.78 is 56.8. The van der Waals surface area contributed by atoms with Crippen molar-refractivity contribution in [1.82, 2.24) is 9.78 Å². The monoisotopic (exact) mass is 407 g/mol. The first-order valence-corrected chi connectivity index (χ1v) is 8.60. The molecule has 0 unspecified atom stereocenters. The number of nitrogens with one attached hydrogen (secondary N) is 1. The fourth-order valence-corrected chi connectivity index (χ4v) is 2.60. The Hall–Kier alpha value is -3.36. The van der Waals surface area contributed by atoms with Crippen LogP contribution in [0, 0.1) is 12.7 Å². The highest BCUT2D eigenvalue weighted by Gasteiger charge is 2.28. The number of amides is 1. The average molecular weight is 407 g/mol. The Balaban J connectivity index is 1.69. The molecule has 152 valence electrons. The lowest BCUT2D eigenvalue weighted by Crippen LogP contribution is -2.19. The fourth-order valence-electron chi connectivity index (χ4n) is 2.60. The second-order valence-electron chi connectivity index (χ2n) is 6.31. The first-order valence-electron chi connectivity index (χ1n) is 8.60. The van der Waals surface area contributed by atoms with Gasteiger partial charge in [0.1, 0.15) is 11.6 Å². The van der Waals surface area contributed by atoms with Gasteiger partial charge in [0.2, 0.25) is 0 Å². The molecule has 0 aliphatic rings. The van der Waals surface area contributed by atoms with Gasteiger partial charge in [-0.15, -0.1) is 0 Å². The summed E-state index contributed by atoms with van der Waals surface area (Å²) >= 11 is 0. The average Bonchev–Trinajstić information content (AvgIpc) is 3.00. The van der Waals surface area contributed by atoms with E-state index in [0.29, 0.717) is 11.3 Å².